The van der Waals surface area contributed by atoms with Gasteiger partial charge in [0.2, 0.25) is 0 Å². The third-order valence-corrected chi connectivity index (χ3v) is 2.82. The van der Waals surface area contributed by atoms with Crippen LogP contribution in [-0.4, -0.2) is 18.1 Å². The van der Waals surface area contributed by atoms with E-state index in [-0.39, 0.29) is 0 Å². The third-order valence-electron chi connectivity index (χ3n) is 2.82. The lowest BCUT2D eigenvalue weighted by atomic mass is 9.88. The van der Waals surface area contributed by atoms with Crippen LogP contribution in [0.25, 0.3) is 0 Å². The van der Waals surface area contributed by atoms with Crippen LogP contribution in [0.3, 0.4) is 0 Å². The van der Waals surface area contributed by atoms with Crippen LogP contribution in [0.2, 0.25) is 0 Å². The number of rotatable bonds is 2. The minimum Gasteiger partial charge on any atom is -0.341 e. The van der Waals surface area contributed by atoms with Crippen molar-refractivity contribution in [2.24, 2.45) is 0 Å². The van der Waals surface area contributed by atoms with E-state index in [0.717, 1.165) is 24.0 Å². The lowest BCUT2D eigenvalue weighted by Gasteiger charge is -2.27. The van der Waals surface area contributed by atoms with Gasteiger partial charge in [-0.2, -0.15) is 13.2 Å². The molecule has 0 aromatic carbocycles. The molecule has 5 heteroatoms. The molecule has 0 aromatic rings. The van der Waals surface area contributed by atoms with Crippen molar-refractivity contribution in [2.45, 2.75) is 59.2 Å². The van der Waals surface area contributed by atoms with Gasteiger partial charge in [-0.05, 0) is 38.7 Å². The molecule has 1 aliphatic rings. The summed E-state index contributed by atoms with van der Waals surface area (Å²) in [4.78, 5) is 10.9. The summed E-state index contributed by atoms with van der Waals surface area (Å²) in [6.45, 7) is 7.69. The van der Waals surface area contributed by atoms with Crippen LogP contribution in [0.1, 0.15) is 47.0 Å². The predicted octanol–water partition coefficient (Wildman–Crippen LogP) is 4.14. The quantitative estimate of drug-likeness (QED) is 0.807. The van der Waals surface area contributed by atoms with E-state index in [1.54, 1.807) is 19.1 Å². The summed E-state index contributed by atoms with van der Waals surface area (Å²) in [6.07, 6.45) is 0.964. The van der Waals surface area contributed by atoms with E-state index in [4.69, 9.17) is 0 Å². The van der Waals surface area contributed by atoms with Gasteiger partial charge in [0.1, 0.15) is 0 Å². The maximum atomic E-state index is 12.2. The van der Waals surface area contributed by atoms with Gasteiger partial charge in [-0.25, -0.2) is 0 Å². The second-order valence-electron chi connectivity index (χ2n) is 4.15. The Morgan fingerprint density at radius 2 is 1.95 bits per heavy atom. The van der Waals surface area contributed by atoms with Crippen LogP contribution in [0.4, 0.5) is 13.2 Å². The monoisotopic (exact) mass is 277 g/mol. The molecule has 1 atom stereocenters. The van der Waals surface area contributed by atoms with Crippen LogP contribution < -0.4 is 5.32 Å². The molecule has 0 unspecified atom stereocenters. The molecule has 0 radical (unpaired) electrons. The summed E-state index contributed by atoms with van der Waals surface area (Å²) in [7, 11) is 0. The molecule has 1 aliphatic carbocycles. The molecule has 0 saturated heterocycles. The second-order valence-corrected chi connectivity index (χ2v) is 4.15. The zero-order valence-electron chi connectivity index (χ0n) is 11.9. The zero-order chi connectivity index (χ0) is 15.1. The van der Waals surface area contributed by atoms with E-state index in [0.29, 0.717) is 6.42 Å². The summed E-state index contributed by atoms with van der Waals surface area (Å²) in [5, 5.41) is 2.05. The molecule has 1 amide bonds. The van der Waals surface area contributed by atoms with E-state index >= 15 is 0 Å². The highest BCUT2D eigenvalue weighted by Gasteiger charge is 2.40. The summed E-state index contributed by atoms with van der Waals surface area (Å²) in [5.41, 5.74) is 1.85. The Balaban J connectivity index is 0.00000154. The fourth-order valence-electron chi connectivity index (χ4n) is 2.00. The molecule has 1 N–H and O–H groups in total. The van der Waals surface area contributed by atoms with Crippen LogP contribution in [0.15, 0.2) is 23.3 Å². The standard InChI is InChI=1S/C12H16F3NO.C2H6/c1-3-5-9-8(2)6-4-7-10(9)16-11(17)12(13,14)15;1-2/h3,5,10H,4,6-7H2,1-2H3,(H,16,17);1-2H3/b5-3-;/t10-;/m0./s1. The largest absolute Gasteiger partial charge is 0.471 e. The first kappa shape index (κ1) is 17.7. The summed E-state index contributed by atoms with van der Waals surface area (Å²) in [6, 6.07) is -0.519. The molecule has 2 nitrogen and oxygen atoms in total. The molecule has 0 saturated carbocycles. The van der Waals surface area contributed by atoms with Gasteiger partial charge in [0, 0.05) is 0 Å². The molecular weight excluding hydrogens is 255 g/mol. The lowest BCUT2D eigenvalue weighted by Crippen LogP contribution is -2.44. The molecule has 0 heterocycles. The van der Waals surface area contributed by atoms with Crippen molar-refractivity contribution < 1.29 is 18.0 Å². The fraction of sp³-hybridized carbons (Fsp3) is 0.643. The SMILES string of the molecule is C/C=C\C1=C(C)CCC[C@@H]1NC(=O)C(F)(F)F.CC. The lowest BCUT2D eigenvalue weighted by molar-refractivity contribution is -0.174. The normalized spacial score (nSPS) is 20.1. The van der Waals surface area contributed by atoms with Crippen LogP contribution >= 0.6 is 0 Å². The number of carbonyl (C=O) groups is 1. The van der Waals surface area contributed by atoms with Gasteiger partial charge in [-0.15, -0.1) is 0 Å². The average molecular weight is 277 g/mol. The maximum Gasteiger partial charge on any atom is 0.471 e. The van der Waals surface area contributed by atoms with Gasteiger partial charge in [-0.3, -0.25) is 4.79 Å². The number of amides is 1. The Morgan fingerprint density at radius 3 is 2.42 bits per heavy atom. The van der Waals surface area contributed by atoms with E-state index in [9.17, 15) is 18.0 Å². The topological polar surface area (TPSA) is 29.1 Å². The van der Waals surface area contributed by atoms with Crippen LogP contribution in [-0.2, 0) is 4.79 Å². The number of halogens is 3. The molecule has 0 aromatic heterocycles. The first-order chi connectivity index (χ1) is 8.86. The minimum atomic E-state index is -4.81. The first-order valence-electron chi connectivity index (χ1n) is 6.56. The summed E-state index contributed by atoms with van der Waals surface area (Å²) >= 11 is 0. The Labute approximate surface area is 112 Å². The van der Waals surface area contributed by atoms with E-state index in [1.807, 2.05) is 20.8 Å². The molecule has 19 heavy (non-hydrogen) atoms. The number of carbonyl (C=O) groups excluding carboxylic acids is 1. The first-order valence-corrected chi connectivity index (χ1v) is 6.56. The van der Waals surface area contributed by atoms with Gasteiger partial charge < -0.3 is 5.32 Å². The molecule has 0 bridgehead atoms. The van der Waals surface area contributed by atoms with E-state index in [1.165, 1.54) is 0 Å². The van der Waals surface area contributed by atoms with Crippen LogP contribution in [0.5, 0.6) is 0 Å². The molecule has 110 valence electrons. The van der Waals surface area contributed by atoms with Crippen molar-refractivity contribution in [1.82, 2.24) is 5.32 Å². The van der Waals surface area contributed by atoms with Gasteiger partial charge in [0.05, 0.1) is 6.04 Å². The highest BCUT2D eigenvalue weighted by molar-refractivity contribution is 5.82. The minimum absolute atomic E-state index is 0.519. The zero-order valence-corrected chi connectivity index (χ0v) is 11.9. The molecule has 0 spiro atoms. The predicted molar refractivity (Wildman–Crippen MR) is 70.7 cm³/mol. The third kappa shape index (κ3) is 5.49. The maximum absolute atomic E-state index is 12.2. The number of alkyl halides is 3. The number of hydrogen-bond donors (Lipinski definition) is 1. The van der Waals surface area contributed by atoms with Crippen molar-refractivity contribution in [3.05, 3.63) is 23.3 Å². The second kappa shape index (κ2) is 8.02. The molecular formula is C14H22F3NO. The molecule has 1 rings (SSSR count). The van der Waals surface area contributed by atoms with E-state index < -0.39 is 18.1 Å². The Hall–Kier alpha value is -1.26. The average Bonchev–Trinajstić information content (AvgIpc) is 2.35. The van der Waals surface area contributed by atoms with E-state index in [2.05, 4.69) is 5.32 Å². The highest BCUT2D eigenvalue weighted by Crippen LogP contribution is 2.27. The van der Waals surface area contributed by atoms with Crippen molar-refractivity contribution in [3.8, 4) is 0 Å². The van der Waals surface area contributed by atoms with Crippen molar-refractivity contribution >= 4 is 5.91 Å². The molecule has 0 fully saturated rings. The fourth-order valence-corrected chi connectivity index (χ4v) is 2.00. The van der Waals surface area contributed by atoms with Gasteiger partial charge in [0.25, 0.3) is 0 Å². The van der Waals surface area contributed by atoms with Crippen molar-refractivity contribution in [3.63, 3.8) is 0 Å². The van der Waals surface area contributed by atoms with Gasteiger partial charge in [-0.1, -0.05) is 31.6 Å². The Bertz CT molecular complexity index is 356. The number of nitrogens with one attached hydrogen (secondary N) is 1. The molecule has 0 aliphatic heterocycles. The smallest absolute Gasteiger partial charge is 0.341 e. The summed E-state index contributed by atoms with van der Waals surface area (Å²) in [5.74, 6) is -1.86. The highest BCUT2D eigenvalue weighted by atomic mass is 19.4. The Kier molecular flexibility index (Phi) is 7.49. The van der Waals surface area contributed by atoms with Gasteiger partial charge in [0.15, 0.2) is 0 Å². The summed E-state index contributed by atoms with van der Waals surface area (Å²) < 4.78 is 36.5. The number of hydrogen-bond acceptors (Lipinski definition) is 1. The van der Waals surface area contributed by atoms with Crippen LogP contribution in [0, 0.1) is 0 Å². The van der Waals surface area contributed by atoms with Crippen molar-refractivity contribution in [2.75, 3.05) is 0 Å². The number of allylic oxidation sites excluding steroid dienone is 2. The van der Waals surface area contributed by atoms with Gasteiger partial charge >= 0.3 is 12.1 Å². The Morgan fingerprint density at radius 1 is 1.37 bits per heavy atom. The van der Waals surface area contributed by atoms with Crippen molar-refractivity contribution in [1.29, 1.82) is 0 Å².